The smallest absolute Gasteiger partial charge is 0.286 e. The van der Waals surface area contributed by atoms with Gasteiger partial charge in [-0.3, -0.25) is 9.59 Å². The molecule has 9 heteroatoms. The van der Waals surface area contributed by atoms with Gasteiger partial charge < -0.3 is 5.32 Å². The van der Waals surface area contributed by atoms with Crippen molar-refractivity contribution in [3.05, 3.63) is 106 Å². The fourth-order valence-corrected chi connectivity index (χ4v) is 4.01. The normalized spacial score (nSPS) is 11.6. The van der Waals surface area contributed by atoms with Gasteiger partial charge in [0, 0.05) is 28.8 Å². The second kappa shape index (κ2) is 10.4. The molecule has 4 rings (SSSR count). The SMILES string of the molecule is N=NC(=O)C(Cc1cn(-c2ccccc2)nc1-c1ccccc1)NC(=O)c1ccc(Cl)cc1Cl. The molecule has 1 unspecified atom stereocenters. The van der Waals surface area contributed by atoms with Gasteiger partial charge in [-0.25, -0.2) is 10.2 Å². The van der Waals surface area contributed by atoms with E-state index in [0.29, 0.717) is 16.3 Å². The van der Waals surface area contributed by atoms with Crippen molar-refractivity contribution < 1.29 is 9.59 Å². The summed E-state index contributed by atoms with van der Waals surface area (Å²) in [5, 5.41) is 11.0. The summed E-state index contributed by atoms with van der Waals surface area (Å²) in [5.41, 5.74) is 10.5. The Hall–Kier alpha value is -3.81. The first-order chi connectivity index (χ1) is 16.5. The lowest BCUT2D eigenvalue weighted by molar-refractivity contribution is -0.120. The van der Waals surface area contributed by atoms with E-state index in [1.54, 1.807) is 4.68 Å². The minimum atomic E-state index is -1.09. The van der Waals surface area contributed by atoms with Gasteiger partial charge in [-0.05, 0) is 30.3 Å². The van der Waals surface area contributed by atoms with Crippen LogP contribution in [0.4, 0.5) is 0 Å². The number of benzene rings is 3. The van der Waals surface area contributed by atoms with Gasteiger partial charge in [0.25, 0.3) is 11.8 Å². The average Bonchev–Trinajstić information content (AvgIpc) is 3.28. The number of halogens is 2. The van der Waals surface area contributed by atoms with E-state index in [1.165, 1.54) is 18.2 Å². The number of hydrogen-bond acceptors (Lipinski definition) is 4. The van der Waals surface area contributed by atoms with Gasteiger partial charge in [0.05, 0.1) is 22.0 Å². The minimum absolute atomic E-state index is 0.0786. The third-order valence-electron chi connectivity index (χ3n) is 5.17. The molecule has 0 aliphatic heterocycles. The van der Waals surface area contributed by atoms with Gasteiger partial charge in [-0.1, -0.05) is 71.7 Å². The molecule has 1 aromatic heterocycles. The molecule has 34 heavy (non-hydrogen) atoms. The van der Waals surface area contributed by atoms with Crippen molar-refractivity contribution in [2.24, 2.45) is 5.11 Å². The Bertz CT molecular complexity index is 1340. The van der Waals surface area contributed by atoms with Crippen molar-refractivity contribution in [3.8, 4) is 16.9 Å². The molecule has 170 valence electrons. The molecule has 0 saturated carbocycles. The highest BCUT2D eigenvalue weighted by atomic mass is 35.5. The molecule has 0 fully saturated rings. The first-order valence-corrected chi connectivity index (χ1v) is 11.1. The van der Waals surface area contributed by atoms with Crippen molar-refractivity contribution >= 4 is 35.0 Å². The summed E-state index contributed by atoms with van der Waals surface area (Å²) < 4.78 is 1.72. The van der Waals surface area contributed by atoms with E-state index in [4.69, 9.17) is 33.8 Å². The van der Waals surface area contributed by atoms with Crippen molar-refractivity contribution in [3.63, 3.8) is 0 Å². The zero-order valence-corrected chi connectivity index (χ0v) is 19.3. The standard InChI is InChI=1S/C25H19Cl2N5O2/c26-18-11-12-20(21(27)14-18)24(33)29-22(25(34)30-28)13-17-15-32(19-9-5-2-6-10-19)31-23(17)16-7-3-1-4-8-16/h1-12,14-15,22,28H,13H2,(H,29,33). The molecular formula is C25H19Cl2N5O2. The Morgan fingerprint density at radius 3 is 2.32 bits per heavy atom. The molecule has 0 saturated heterocycles. The summed E-state index contributed by atoms with van der Waals surface area (Å²) in [5.74, 6) is -1.36. The number of rotatable bonds is 7. The molecule has 2 amide bonds. The highest BCUT2D eigenvalue weighted by molar-refractivity contribution is 6.36. The number of hydrogen-bond donors (Lipinski definition) is 2. The lowest BCUT2D eigenvalue weighted by Crippen LogP contribution is -2.41. The Labute approximate surface area is 205 Å². The molecule has 3 aromatic carbocycles. The number of nitrogens with zero attached hydrogens (tertiary/aromatic N) is 3. The van der Waals surface area contributed by atoms with Crippen LogP contribution in [0.5, 0.6) is 0 Å². The van der Waals surface area contributed by atoms with Crippen LogP contribution in [0.15, 0.2) is 90.2 Å². The molecule has 0 bridgehead atoms. The molecule has 7 nitrogen and oxygen atoms in total. The molecule has 0 aliphatic carbocycles. The Morgan fingerprint density at radius 1 is 1.00 bits per heavy atom. The Balaban J connectivity index is 1.69. The van der Waals surface area contributed by atoms with Crippen LogP contribution in [-0.4, -0.2) is 27.6 Å². The second-order valence-electron chi connectivity index (χ2n) is 7.45. The number of carbonyl (C=O) groups is 2. The van der Waals surface area contributed by atoms with E-state index in [9.17, 15) is 9.59 Å². The number of para-hydroxylation sites is 1. The number of amides is 2. The summed E-state index contributed by atoms with van der Waals surface area (Å²) in [7, 11) is 0. The zero-order valence-electron chi connectivity index (χ0n) is 17.8. The first kappa shape index (κ1) is 23.4. The first-order valence-electron chi connectivity index (χ1n) is 10.3. The molecule has 2 N–H and O–H groups in total. The number of aromatic nitrogens is 2. The Kier molecular flexibility index (Phi) is 7.15. The Morgan fingerprint density at radius 2 is 1.68 bits per heavy atom. The highest BCUT2D eigenvalue weighted by Gasteiger charge is 2.25. The minimum Gasteiger partial charge on any atom is -0.340 e. The van der Waals surface area contributed by atoms with Crippen LogP contribution in [0.25, 0.3) is 16.9 Å². The van der Waals surface area contributed by atoms with Gasteiger partial charge in [0.15, 0.2) is 0 Å². The largest absolute Gasteiger partial charge is 0.340 e. The molecule has 0 spiro atoms. The predicted molar refractivity (Wildman–Crippen MR) is 131 cm³/mol. The average molecular weight is 492 g/mol. The third kappa shape index (κ3) is 5.22. The number of nitrogens with one attached hydrogen (secondary N) is 2. The molecule has 0 radical (unpaired) electrons. The number of carbonyl (C=O) groups excluding carboxylic acids is 2. The quantitative estimate of drug-likeness (QED) is 0.322. The predicted octanol–water partition coefficient (Wildman–Crippen LogP) is 5.74. The van der Waals surface area contributed by atoms with Gasteiger partial charge in [0.1, 0.15) is 6.04 Å². The van der Waals surface area contributed by atoms with E-state index in [-0.39, 0.29) is 17.0 Å². The van der Waals surface area contributed by atoms with E-state index in [1.807, 2.05) is 66.9 Å². The topological polar surface area (TPSA) is 100 Å². The van der Waals surface area contributed by atoms with E-state index in [2.05, 4.69) is 10.4 Å². The van der Waals surface area contributed by atoms with E-state index >= 15 is 0 Å². The lowest BCUT2D eigenvalue weighted by atomic mass is 10.0. The van der Waals surface area contributed by atoms with Crippen LogP contribution < -0.4 is 5.32 Å². The van der Waals surface area contributed by atoms with E-state index in [0.717, 1.165) is 11.3 Å². The molecule has 0 aliphatic rings. The highest BCUT2D eigenvalue weighted by Crippen LogP contribution is 2.26. The van der Waals surface area contributed by atoms with Crippen molar-refractivity contribution in [2.75, 3.05) is 0 Å². The van der Waals surface area contributed by atoms with Gasteiger partial charge in [0.2, 0.25) is 0 Å². The molecule has 1 heterocycles. The van der Waals surface area contributed by atoms with Crippen LogP contribution in [-0.2, 0) is 11.2 Å². The van der Waals surface area contributed by atoms with Crippen LogP contribution >= 0.6 is 23.2 Å². The maximum Gasteiger partial charge on any atom is 0.286 e. The van der Waals surface area contributed by atoms with Crippen molar-refractivity contribution in [2.45, 2.75) is 12.5 Å². The maximum absolute atomic E-state index is 12.9. The third-order valence-corrected chi connectivity index (χ3v) is 5.72. The second-order valence-corrected chi connectivity index (χ2v) is 8.30. The fraction of sp³-hybridized carbons (Fsp3) is 0.0800. The molecular weight excluding hydrogens is 473 g/mol. The maximum atomic E-state index is 12.9. The lowest BCUT2D eigenvalue weighted by Gasteiger charge is -2.16. The van der Waals surface area contributed by atoms with Crippen LogP contribution in [0.1, 0.15) is 15.9 Å². The van der Waals surface area contributed by atoms with Gasteiger partial charge >= 0.3 is 0 Å². The molecule has 4 aromatic rings. The van der Waals surface area contributed by atoms with Crippen LogP contribution in [0.2, 0.25) is 10.0 Å². The van der Waals surface area contributed by atoms with Crippen LogP contribution in [0.3, 0.4) is 0 Å². The summed E-state index contributed by atoms with van der Waals surface area (Å²) in [6, 6.07) is 22.4. The summed E-state index contributed by atoms with van der Waals surface area (Å²) in [6.07, 6.45) is 1.89. The van der Waals surface area contributed by atoms with Gasteiger partial charge in [-0.2, -0.15) is 5.10 Å². The van der Waals surface area contributed by atoms with Gasteiger partial charge in [-0.15, -0.1) is 5.11 Å². The van der Waals surface area contributed by atoms with E-state index < -0.39 is 17.9 Å². The summed E-state index contributed by atoms with van der Waals surface area (Å²) in [6.45, 7) is 0. The van der Waals surface area contributed by atoms with Crippen LogP contribution in [0, 0.1) is 5.53 Å². The summed E-state index contributed by atoms with van der Waals surface area (Å²) in [4.78, 5) is 25.4. The molecule has 1 atom stereocenters. The summed E-state index contributed by atoms with van der Waals surface area (Å²) >= 11 is 12.1. The van der Waals surface area contributed by atoms with Crippen molar-refractivity contribution in [1.82, 2.24) is 15.1 Å². The monoisotopic (exact) mass is 491 g/mol. The van der Waals surface area contributed by atoms with Crippen molar-refractivity contribution in [1.29, 1.82) is 5.53 Å². The zero-order chi connectivity index (χ0) is 24.1. The fourth-order valence-electron chi connectivity index (χ4n) is 3.52.